The molecule has 0 atom stereocenters. The molecule has 1 rings (SSSR count). The molecule has 2 nitrogen and oxygen atoms in total. The number of rotatable bonds is 3. The van der Waals surface area contributed by atoms with Gasteiger partial charge in [-0.05, 0) is 19.3 Å². The minimum absolute atomic E-state index is 0.485. The van der Waals surface area contributed by atoms with Crippen LogP contribution in [-0.2, 0) is 4.74 Å². The topological polar surface area (TPSA) is 33.0 Å². The zero-order chi connectivity index (χ0) is 6.53. The molecule has 1 fully saturated rings. The smallest absolute Gasteiger partial charge is 0.0645 e. The van der Waals surface area contributed by atoms with E-state index in [4.69, 9.17) is 10.00 Å². The monoisotopic (exact) mass is 125 g/mol. The molecule has 1 aliphatic rings. The summed E-state index contributed by atoms with van der Waals surface area (Å²) >= 11 is 0. The summed E-state index contributed by atoms with van der Waals surface area (Å²) in [6.07, 6.45) is 4.73. The Hall–Kier alpha value is -0.550. The molecule has 1 aliphatic carbocycles. The molecule has 9 heavy (non-hydrogen) atoms. The highest BCUT2D eigenvalue weighted by atomic mass is 16.5. The fourth-order valence-corrected chi connectivity index (χ4v) is 0.809. The molecular weight excluding hydrogens is 114 g/mol. The van der Waals surface area contributed by atoms with E-state index >= 15 is 0 Å². The van der Waals surface area contributed by atoms with E-state index in [1.807, 2.05) is 6.07 Å². The van der Waals surface area contributed by atoms with Crippen molar-refractivity contribution in [3.05, 3.63) is 0 Å². The van der Waals surface area contributed by atoms with Crippen molar-refractivity contribution in [2.24, 2.45) is 0 Å². The van der Waals surface area contributed by atoms with Gasteiger partial charge >= 0.3 is 0 Å². The van der Waals surface area contributed by atoms with E-state index in [1.54, 1.807) is 0 Å². The van der Waals surface area contributed by atoms with Crippen LogP contribution >= 0.6 is 0 Å². The fraction of sp³-hybridized carbons (Fsp3) is 0.857. The Morgan fingerprint density at radius 3 is 2.78 bits per heavy atom. The van der Waals surface area contributed by atoms with Crippen LogP contribution in [0.3, 0.4) is 0 Å². The number of hydrogen-bond acceptors (Lipinski definition) is 2. The van der Waals surface area contributed by atoms with E-state index in [0.717, 1.165) is 0 Å². The van der Waals surface area contributed by atoms with Crippen molar-refractivity contribution in [2.45, 2.75) is 31.8 Å². The van der Waals surface area contributed by atoms with Crippen molar-refractivity contribution >= 4 is 0 Å². The fourth-order valence-electron chi connectivity index (χ4n) is 0.809. The molecule has 0 radical (unpaired) electrons. The zero-order valence-electron chi connectivity index (χ0n) is 5.47. The van der Waals surface area contributed by atoms with E-state index in [1.165, 1.54) is 19.3 Å². The average molecular weight is 125 g/mol. The van der Waals surface area contributed by atoms with E-state index in [2.05, 4.69) is 0 Å². The van der Waals surface area contributed by atoms with Crippen LogP contribution in [0.2, 0.25) is 0 Å². The predicted octanol–water partition coefficient (Wildman–Crippen LogP) is 1.47. The van der Waals surface area contributed by atoms with Gasteiger partial charge in [0.1, 0.15) is 0 Å². The molecular formula is C7H11NO. The van der Waals surface area contributed by atoms with Crippen LogP contribution in [0.15, 0.2) is 0 Å². The first-order valence-electron chi connectivity index (χ1n) is 3.42. The van der Waals surface area contributed by atoms with Crippen molar-refractivity contribution in [2.75, 3.05) is 6.61 Å². The van der Waals surface area contributed by atoms with Crippen molar-refractivity contribution in [3.8, 4) is 6.07 Å². The summed E-state index contributed by atoms with van der Waals surface area (Å²) in [6.45, 7) is 0.626. The molecule has 0 unspecified atom stereocenters. The molecule has 0 spiro atoms. The van der Waals surface area contributed by atoms with Gasteiger partial charge in [0.2, 0.25) is 0 Å². The Morgan fingerprint density at radius 2 is 2.33 bits per heavy atom. The second kappa shape index (κ2) is 3.47. The van der Waals surface area contributed by atoms with E-state index in [0.29, 0.717) is 19.1 Å². The van der Waals surface area contributed by atoms with Crippen molar-refractivity contribution in [1.82, 2.24) is 0 Å². The van der Waals surface area contributed by atoms with Gasteiger partial charge in [-0.1, -0.05) is 0 Å². The molecule has 0 saturated heterocycles. The summed E-state index contributed by atoms with van der Waals surface area (Å²) in [5.74, 6) is 0. The van der Waals surface area contributed by atoms with Crippen LogP contribution in [0.4, 0.5) is 0 Å². The first kappa shape index (κ1) is 6.57. The Balaban J connectivity index is 1.87. The van der Waals surface area contributed by atoms with Gasteiger partial charge in [0, 0.05) is 0 Å². The van der Waals surface area contributed by atoms with Crippen LogP contribution in [0.5, 0.6) is 0 Å². The maximum Gasteiger partial charge on any atom is 0.0645 e. The van der Waals surface area contributed by atoms with Crippen molar-refractivity contribution in [1.29, 1.82) is 5.26 Å². The molecule has 0 aromatic rings. The first-order chi connectivity index (χ1) is 4.43. The van der Waals surface area contributed by atoms with E-state index in [-0.39, 0.29) is 0 Å². The van der Waals surface area contributed by atoms with Crippen LogP contribution in [0, 0.1) is 11.3 Å². The lowest BCUT2D eigenvalue weighted by Gasteiger charge is -2.24. The molecule has 0 aromatic carbocycles. The van der Waals surface area contributed by atoms with Gasteiger partial charge in [0.25, 0.3) is 0 Å². The standard InChI is InChI=1S/C7H11NO/c8-5-2-6-9-7-3-1-4-7/h7H,1-4,6H2. The summed E-state index contributed by atoms with van der Waals surface area (Å²) in [4.78, 5) is 0. The van der Waals surface area contributed by atoms with Gasteiger partial charge in [-0.2, -0.15) is 5.26 Å². The second-order valence-corrected chi connectivity index (χ2v) is 2.33. The summed E-state index contributed by atoms with van der Waals surface area (Å²) < 4.78 is 5.30. The van der Waals surface area contributed by atoms with Gasteiger partial charge < -0.3 is 4.74 Å². The molecule has 0 N–H and O–H groups in total. The minimum Gasteiger partial charge on any atom is -0.377 e. The third-order valence-corrected chi connectivity index (χ3v) is 1.62. The normalized spacial score (nSPS) is 18.6. The van der Waals surface area contributed by atoms with Crippen molar-refractivity contribution < 1.29 is 4.74 Å². The average Bonchev–Trinajstić information content (AvgIpc) is 1.76. The molecule has 0 aliphatic heterocycles. The van der Waals surface area contributed by atoms with E-state index in [9.17, 15) is 0 Å². The third kappa shape index (κ3) is 2.03. The highest BCUT2D eigenvalue weighted by Crippen LogP contribution is 2.21. The zero-order valence-corrected chi connectivity index (χ0v) is 5.47. The predicted molar refractivity (Wildman–Crippen MR) is 33.8 cm³/mol. The number of ether oxygens (including phenoxy) is 1. The summed E-state index contributed by atoms with van der Waals surface area (Å²) in [5, 5.41) is 8.14. The molecule has 2 heteroatoms. The van der Waals surface area contributed by atoms with E-state index < -0.39 is 0 Å². The largest absolute Gasteiger partial charge is 0.377 e. The molecule has 1 saturated carbocycles. The van der Waals surface area contributed by atoms with Crippen molar-refractivity contribution in [3.63, 3.8) is 0 Å². The lowest BCUT2D eigenvalue weighted by molar-refractivity contribution is 0.00547. The molecule has 0 bridgehead atoms. The maximum atomic E-state index is 8.14. The number of nitrogens with zero attached hydrogens (tertiary/aromatic N) is 1. The Morgan fingerprint density at radius 1 is 1.56 bits per heavy atom. The lowest BCUT2D eigenvalue weighted by atomic mass is 9.96. The quantitative estimate of drug-likeness (QED) is 0.535. The van der Waals surface area contributed by atoms with Gasteiger partial charge in [-0.15, -0.1) is 0 Å². The van der Waals surface area contributed by atoms with Gasteiger partial charge in [-0.25, -0.2) is 0 Å². The van der Waals surface area contributed by atoms with Crippen LogP contribution in [0.1, 0.15) is 25.7 Å². The van der Waals surface area contributed by atoms with Gasteiger partial charge in [0.15, 0.2) is 0 Å². The number of nitriles is 1. The molecule has 0 heterocycles. The summed E-state index contributed by atoms with van der Waals surface area (Å²) in [5.41, 5.74) is 0. The Bertz CT molecular complexity index is 113. The molecule has 0 amide bonds. The van der Waals surface area contributed by atoms with Gasteiger partial charge in [-0.3, -0.25) is 0 Å². The molecule has 0 aromatic heterocycles. The second-order valence-electron chi connectivity index (χ2n) is 2.33. The summed E-state index contributed by atoms with van der Waals surface area (Å²) in [6, 6.07) is 2.05. The van der Waals surface area contributed by atoms with Crippen LogP contribution in [-0.4, -0.2) is 12.7 Å². The van der Waals surface area contributed by atoms with Crippen LogP contribution < -0.4 is 0 Å². The SMILES string of the molecule is N#CCCOC1CCC1. The van der Waals surface area contributed by atoms with Crippen LogP contribution in [0.25, 0.3) is 0 Å². The highest BCUT2D eigenvalue weighted by Gasteiger charge is 2.16. The number of hydrogen-bond donors (Lipinski definition) is 0. The van der Waals surface area contributed by atoms with Gasteiger partial charge in [0.05, 0.1) is 25.2 Å². The Labute approximate surface area is 55.4 Å². The first-order valence-corrected chi connectivity index (χ1v) is 3.42. The maximum absolute atomic E-state index is 8.14. The molecule has 50 valence electrons. The highest BCUT2D eigenvalue weighted by molar-refractivity contribution is 4.72. The third-order valence-electron chi connectivity index (χ3n) is 1.62. The minimum atomic E-state index is 0.485. The Kier molecular flexibility index (Phi) is 2.53. The summed E-state index contributed by atoms with van der Waals surface area (Å²) in [7, 11) is 0. The lowest BCUT2D eigenvalue weighted by Crippen LogP contribution is -2.21.